The fourth-order valence-electron chi connectivity index (χ4n) is 0.957. The van der Waals surface area contributed by atoms with E-state index in [-0.39, 0.29) is 5.69 Å². The number of hydrogen-bond acceptors (Lipinski definition) is 3. The summed E-state index contributed by atoms with van der Waals surface area (Å²) in [6, 6.07) is 4.57. The first-order chi connectivity index (χ1) is 6.85. The van der Waals surface area contributed by atoms with Crippen molar-refractivity contribution in [1.29, 1.82) is 0 Å². The van der Waals surface area contributed by atoms with Crippen molar-refractivity contribution >= 4 is 15.5 Å². The van der Waals surface area contributed by atoms with Gasteiger partial charge in [-0.1, -0.05) is 6.07 Å². The van der Waals surface area contributed by atoms with E-state index in [4.69, 9.17) is 5.73 Å². The summed E-state index contributed by atoms with van der Waals surface area (Å²) in [5, 5.41) is 0. The molecule has 1 rings (SSSR count). The lowest BCUT2D eigenvalue weighted by atomic mass is 10.3. The molecule has 84 valence electrons. The molecule has 0 aliphatic rings. The number of sulfone groups is 1. The molecule has 0 aliphatic carbocycles. The Morgan fingerprint density at radius 2 is 1.80 bits per heavy atom. The number of benzene rings is 1. The van der Waals surface area contributed by atoms with Crippen LogP contribution in [0.25, 0.3) is 0 Å². The Bertz CT molecular complexity index is 447. The predicted octanol–water partition coefficient (Wildman–Crippen LogP) is 1.60. The van der Waals surface area contributed by atoms with Gasteiger partial charge in [0, 0.05) is 5.69 Å². The smallest absolute Gasteiger partial charge is 0.284 e. The van der Waals surface area contributed by atoms with E-state index in [1.807, 2.05) is 0 Å². The fourth-order valence-corrected chi connectivity index (χ4v) is 2.06. The van der Waals surface area contributed by atoms with Crippen LogP contribution >= 0.6 is 0 Å². The number of hydrogen-bond donors (Lipinski definition) is 1. The molecule has 2 N–H and O–H groups in total. The van der Waals surface area contributed by atoms with Gasteiger partial charge in [0.05, 0.1) is 4.90 Å². The lowest BCUT2D eigenvalue weighted by Gasteiger charge is -2.08. The Kier molecular flexibility index (Phi) is 3.23. The molecule has 0 radical (unpaired) electrons. The minimum absolute atomic E-state index is 0.0672. The van der Waals surface area contributed by atoms with Gasteiger partial charge in [-0.25, -0.2) is 21.6 Å². The fraction of sp³-hybridized carbons (Fsp3) is 0.250. The van der Waals surface area contributed by atoms with Gasteiger partial charge >= 0.3 is 0 Å². The number of rotatable bonds is 3. The summed E-state index contributed by atoms with van der Waals surface area (Å²) in [5.41, 5.74) is 2.10. The SMILES string of the molecule is Nc1cccc(S(=O)(=O)C(F)C(F)F)c1. The van der Waals surface area contributed by atoms with Crippen LogP contribution in [0, 0.1) is 0 Å². The molecule has 1 aromatic carbocycles. The third-order valence-electron chi connectivity index (χ3n) is 1.68. The summed E-state index contributed by atoms with van der Waals surface area (Å²) < 4.78 is 59.0. The second kappa shape index (κ2) is 4.09. The molecule has 0 bridgehead atoms. The van der Waals surface area contributed by atoms with Crippen molar-refractivity contribution in [3.8, 4) is 0 Å². The highest BCUT2D eigenvalue weighted by molar-refractivity contribution is 7.92. The van der Waals surface area contributed by atoms with Crippen molar-refractivity contribution < 1.29 is 21.6 Å². The molecular weight excluding hydrogens is 231 g/mol. The van der Waals surface area contributed by atoms with E-state index in [0.717, 1.165) is 12.1 Å². The van der Waals surface area contributed by atoms with E-state index in [0.29, 0.717) is 0 Å². The number of alkyl halides is 3. The van der Waals surface area contributed by atoms with Crippen LogP contribution < -0.4 is 5.73 Å². The van der Waals surface area contributed by atoms with E-state index >= 15 is 0 Å². The second-order valence-corrected chi connectivity index (χ2v) is 4.81. The van der Waals surface area contributed by atoms with Crippen LogP contribution in [0.3, 0.4) is 0 Å². The lowest BCUT2D eigenvalue weighted by Crippen LogP contribution is -2.24. The topological polar surface area (TPSA) is 60.2 Å². The maximum Gasteiger partial charge on any atom is 0.284 e. The van der Waals surface area contributed by atoms with Crippen LogP contribution in [-0.2, 0) is 9.84 Å². The molecule has 3 nitrogen and oxygen atoms in total. The molecule has 0 heterocycles. The van der Waals surface area contributed by atoms with Crippen molar-refractivity contribution in [2.75, 3.05) is 5.73 Å². The quantitative estimate of drug-likeness (QED) is 0.815. The van der Waals surface area contributed by atoms with Crippen molar-refractivity contribution in [3.05, 3.63) is 24.3 Å². The van der Waals surface area contributed by atoms with Gasteiger partial charge in [-0.15, -0.1) is 0 Å². The molecule has 1 atom stereocenters. The molecule has 0 spiro atoms. The summed E-state index contributed by atoms with van der Waals surface area (Å²) in [7, 11) is -4.66. The van der Waals surface area contributed by atoms with Gasteiger partial charge in [0.25, 0.3) is 11.9 Å². The van der Waals surface area contributed by atoms with Crippen LogP contribution in [0.2, 0.25) is 0 Å². The van der Waals surface area contributed by atoms with Crippen LogP contribution in [0.1, 0.15) is 0 Å². The maximum atomic E-state index is 12.7. The molecule has 0 aromatic heterocycles. The van der Waals surface area contributed by atoms with E-state index in [2.05, 4.69) is 0 Å². The molecule has 0 aliphatic heterocycles. The maximum absolute atomic E-state index is 12.7. The van der Waals surface area contributed by atoms with Crippen molar-refractivity contribution in [1.82, 2.24) is 0 Å². The summed E-state index contributed by atoms with van der Waals surface area (Å²) in [6.07, 6.45) is -3.57. The van der Waals surface area contributed by atoms with Gasteiger partial charge in [0.1, 0.15) is 0 Å². The first-order valence-corrected chi connectivity index (χ1v) is 5.42. The molecule has 0 saturated heterocycles. The van der Waals surface area contributed by atoms with Gasteiger partial charge in [-0.05, 0) is 18.2 Å². The summed E-state index contributed by atoms with van der Waals surface area (Å²) >= 11 is 0. The Balaban J connectivity index is 3.17. The molecule has 0 fully saturated rings. The van der Waals surface area contributed by atoms with Crippen LogP contribution in [0.15, 0.2) is 29.2 Å². The van der Waals surface area contributed by atoms with Crippen molar-refractivity contribution in [2.45, 2.75) is 16.8 Å². The van der Waals surface area contributed by atoms with E-state index in [1.165, 1.54) is 12.1 Å². The predicted molar refractivity (Wildman–Crippen MR) is 48.9 cm³/mol. The highest BCUT2D eigenvalue weighted by Crippen LogP contribution is 2.23. The summed E-state index contributed by atoms with van der Waals surface area (Å²) in [4.78, 5) is -0.546. The molecular formula is C8H8F3NO2S. The van der Waals surface area contributed by atoms with Gasteiger partial charge in [0.15, 0.2) is 0 Å². The third-order valence-corrected chi connectivity index (χ3v) is 3.39. The Labute approximate surface area is 84.6 Å². The number of halogens is 3. The van der Waals surface area contributed by atoms with Crippen molar-refractivity contribution in [3.63, 3.8) is 0 Å². The monoisotopic (exact) mass is 239 g/mol. The van der Waals surface area contributed by atoms with Crippen LogP contribution in [0.5, 0.6) is 0 Å². The van der Waals surface area contributed by atoms with E-state index in [1.54, 1.807) is 0 Å². The van der Waals surface area contributed by atoms with Gasteiger partial charge in [-0.3, -0.25) is 0 Å². The normalized spacial score (nSPS) is 14.1. The first-order valence-electron chi connectivity index (χ1n) is 3.87. The summed E-state index contributed by atoms with van der Waals surface area (Å²) in [5.74, 6) is 0. The van der Waals surface area contributed by atoms with E-state index in [9.17, 15) is 21.6 Å². The average Bonchev–Trinajstić information content (AvgIpc) is 2.16. The minimum Gasteiger partial charge on any atom is -0.399 e. The van der Waals surface area contributed by atoms with Crippen LogP contribution in [-0.4, -0.2) is 20.3 Å². The molecule has 15 heavy (non-hydrogen) atoms. The minimum atomic E-state index is -4.66. The number of anilines is 1. The first kappa shape index (κ1) is 11.8. The molecule has 1 unspecified atom stereocenters. The highest BCUT2D eigenvalue weighted by Gasteiger charge is 2.35. The van der Waals surface area contributed by atoms with Crippen LogP contribution in [0.4, 0.5) is 18.9 Å². The third kappa shape index (κ3) is 2.41. The zero-order chi connectivity index (χ0) is 11.6. The number of nitrogens with two attached hydrogens (primary N) is 1. The van der Waals surface area contributed by atoms with Gasteiger partial charge in [0.2, 0.25) is 9.84 Å². The highest BCUT2D eigenvalue weighted by atomic mass is 32.2. The second-order valence-electron chi connectivity index (χ2n) is 2.80. The molecule has 7 heteroatoms. The number of nitrogen functional groups attached to an aromatic ring is 1. The Hall–Kier alpha value is -1.24. The zero-order valence-corrected chi connectivity index (χ0v) is 8.22. The Morgan fingerprint density at radius 1 is 1.20 bits per heavy atom. The molecule has 1 aromatic rings. The Morgan fingerprint density at radius 3 is 2.27 bits per heavy atom. The largest absolute Gasteiger partial charge is 0.399 e. The molecule has 0 saturated carbocycles. The van der Waals surface area contributed by atoms with Crippen molar-refractivity contribution in [2.24, 2.45) is 0 Å². The average molecular weight is 239 g/mol. The van der Waals surface area contributed by atoms with Gasteiger partial charge < -0.3 is 5.73 Å². The van der Waals surface area contributed by atoms with Gasteiger partial charge in [-0.2, -0.15) is 0 Å². The summed E-state index contributed by atoms with van der Waals surface area (Å²) in [6.45, 7) is 0. The molecule has 0 amide bonds. The van der Waals surface area contributed by atoms with E-state index < -0.39 is 26.7 Å². The lowest BCUT2D eigenvalue weighted by molar-refractivity contribution is 0.0902. The zero-order valence-electron chi connectivity index (χ0n) is 7.40. The standard InChI is InChI=1S/C8H8F3NO2S/c9-7(10)8(11)15(13,14)6-3-1-2-5(12)4-6/h1-4,7-8H,12H2.